The summed E-state index contributed by atoms with van der Waals surface area (Å²) in [6.45, 7) is 7.90. The molecule has 0 aliphatic heterocycles. The third-order valence-electron chi connectivity index (χ3n) is 1.61. The number of nitrogens with zero attached hydrogens (tertiary/aromatic N) is 1. The van der Waals surface area contributed by atoms with Gasteiger partial charge in [0.05, 0.1) is 6.61 Å². The minimum absolute atomic E-state index is 0.0985. The molecule has 65 valence electrons. The fourth-order valence-corrected chi connectivity index (χ4v) is 0.847. The highest BCUT2D eigenvalue weighted by Gasteiger charge is 1.96. The standard InChI is InChI=1S/C8H16NO2/c1-3-9(4-2)5-7-11-8-6-10/h3-5,7-8H2,1-2H3. The summed E-state index contributed by atoms with van der Waals surface area (Å²) in [4.78, 5) is 12.0. The smallest absolute Gasteiger partial charge is 0.226 e. The second kappa shape index (κ2) is 7.69. The van der Waals surface area contributed by atoms with Gasteiger partial charge in [-0.25, -0.2) is 0 Å². The Morgan fingerprint density at radius 1 is 1.36 bits per heavy atom. The summed E-state index contributed by atoms with van der Waals surface area (Å²) in [5, 5.41) is 0. The van der Waals surface area contributed by atoms with Crippen LogP contribution < -0.4 is 0 Å². The van der Waals surface area contributed by atoms with E-state index in [-0.39, 0.29) is 6.61 Å². The summed E-state index contributed by atoms with van der Waals surface area (Å²) in [6, 6.07) is 0. The highest BCUT2D eigenvalue weighted by Crippen LogP contribution is 1.85. The van der Waals surface area contributed by atoms with Crippen molar-refractivity contribution in [3.05, 3.63) is 0 Å². The van der Waals surface area contributed by atoms with Crippen LogP contribution in [0.25, 0.3) is 0 Å². The molecular weight excluding hydrogens is 142 g/mol. The van der Waals surface area contributed by atoms with Crippen LogP contribution in [-0.2, 0) is 9.53 Å². The molecule has 0 aliphatic carbocycles. The third kappa shape index (κ3) is 6.01. The SMILES string of the molecule is CCN(CC)CCOC[C]=O. The molecule has 1 radical (unpaired) electrons. The first-order valence-electron chi connectivity index (χ1n) is 4.00. The molecule has 0 aromatic carbocycles. The van der Waals surface area contributed by atoms with Gasteiger partial charge in [-0.15, -0.1) is 0 Å². The minimum atomic E-state index is 0.0985. The van der Waals surface area contributed by atoms with E-state index in [0.717, 1.165) is 19.6 Å². The predicted octanol–water partition coefficient (Wildman–Crippen LogP) is 0.454. The van der Waals surface area contributed by atoms with Gasteiger partial charge in [0.15, 0.2) is 0 Å². The van der Waals surface area contributed by atoms with E-state index in [0.29, 0.717) is 6.61 Å². The van der Waals surface area contributed by atoms with Gasteiger partial charge in [-0.2, -0.15) is 0 Å². The maximum atomic E-state index is 9.73. The zero-order valence-corrected chi connectivity index (χ0v) is 7.30. The summed E-state index contributed by atoms with van der Waals surface area (Å²) in [5.74, 6) is 0. The topological polar surface area (TPSA) is 29.5 Å². The van der Waals surface area contributed by atoms with E-state index in [1.54, 1.807) is 6.29 Å². The first-order chi connectivity index (χ1) is 5.35. The Morgan fingerprint density at radius 3 is 2.45 bits per heavy atom. The Labute approximate surface area is 68.3 Å². The Balaban J connectivity index is 3.13. The molecular formula is C8H16NO2. The third-order valence-corrected chi connectivity index (χ3v) is 1.61. The lowest BCUT2D eigenvalue weighted by molar-refractivity contribution is 0.134. The first kappa shape index (κ1) is 10.6. The molecule has 0 heterocycles. The minimum Gasteiger partial charge on any atom is -0.372 e. The van der Waals surface area contributed by atoms with Gasteiger partial charge in [0.25, 0.3) is 0 Å². The van der Waals surface area contributed by atoms with Gasteiger partial charge in [0, 0.05) is 6.54 Å². The van der Waals surface area contributed by atoms with E-state index in [1.165, 1.54) is 0 Å². The number of rotatable bonds is 7. The molecule has 0 fully saturated rings. The van der Waals surface area contributed by atoms with Crippen molar-refractivity contribution in [1.29, 1.82) is 0 Å². The number of hydrogen-bond donors (Lipinski definition) is 0. The molecule has 0 amide bonds. The monoisotopic (exact) mass is 158 g/mol. The predicted molar refractivity (Wildman–Crippen MR) is 44.3 cm³/mol. The van der Waals surface area contributed by atoms with E-state index in [2.05, 4.69) is 18.7 Å². The molecule has 3 heteroatoms. The Morgan fingerprint density at radius 2 is 2.00 bits per heavy atom. The van der Waals surface area contributed by atoms with Crippen molar-refractivity contribution < 1.29 is 9.53 Å². The number of likely N-dealkylation sites (N-methyl/N-ethyl adjacent to an activating group) is 1. The van der Waals surface area contributed by atoms with Gasteiger partial charge in [0.2, 0.25) is 6.29 Å². The van der Waals surface area contributed by atoms with E-state index < -0.39 is 0 Å². The molecule has 0 N–H and O–H groups in total. The summed E-state index contributed by atoms with van der Waals surface area (Å²) in [6.07, 6.45) is 1.69. The Bertz CT molecular complexity index is 92.1. The average molecular weight is 158 g/mol. The van der Waals surface area contributed by atoms with Crippen LogP contribution >= 0.6 is 0 Å². The van der Waals surface area contributed by atoms with Crippen LogP contribution in [0.4, 0.5) is 0 Å². The van der Waals surface area contributed by atoms with Crippen LogP contribution in [0.3, 0.4) is 0 Å². The van der Waals surface area contributed by atoms with Crippen molar-refractivity contribution in [2.45, 2.75) is 13.8 Å². The van der Waals surface area contributed by atoms with Crippen LogP contribution in [0.5, 0.6) is 0 Å². The lowest BCUT2D eigenvalue weighted by Gasteiger charge is -2.16. The fourth-order valence-electron chi connectivity index (χ4n) is 0.847. The average Bonchev–Trinajstić information content (AvgIpc) is 2.05. The number of carbonyl (C=O) groups excluding carboxylic acids is 1. The second-order valence-corrected chi connectivity index (χ2v) is 2.22. The van der Waals surface area contributed by atoms with Crippen LogP contribution in [-0.4, -0.2) is 44.0 Å². The van der Waals surface area contributed by atoms with Gasteiger partial charge in [0.1, 0.15) is 6.61 Å². The van der Waals surface area contributed by atoms with E-state index >= 15 is 0 Å². The van der Waals surface area contributed by atoms with Crippen LogP contribution in [0.15, 0.2) is 0 Å². The van der Waals surface area contributed by atoms with E-state index in [4.69, 9.17) is 4.74 Å². The molecule has 0 atom stereocenters. The summed E-state index contributed by atoms with van der Waals surface area (Å²) >= 11 is 0. The zero-order chi connectivity index (χ0) is 8.53. The molecule has 0 aliphatic rings. The van der Waals surface area contributed by atoms with Crippen LogP contribution in [0.1, 0.15) is 13.8 Å². The first-order valence-corrected chi connectivity index (χ1v) is 4.00. The molecule has 0 spiro atoms. The highest BCUT2D eigenvalue weighted by molar-refractivity contribution is 5.51. The van der Waals surface area contributed by atoms with Gasteiger partial charge < -0.3 is 9.64 Å². The van der Waals surface area contributed by atoms with Crippen molar-refractivity contribution in [1.82, 2.24) is 4.90 Å². The molecule has 0 rings (SSSR count). The maximum absolute atomic E-state index is 9.73. The Hall–Kier alpha value is -0.410. The largest absolute Gasteiger partial charge is 0.372 e. The van der Waals surface area contributed by atoms with Crippen molar-refractivity contribution in [3.8, 4) is 0 Å². The van der Waals surface area contributed by atoms with Gasteiger partial charge in [-0.1, -0.05) is 13.8 Å². The molecule has 11 heavy (non-hydrogen) atoms. The van der Waals surface area contributed by atoms with Crippen molar-refractivity contribution in [3.63, 3.8) is 0 Å². The van der Waals surface area contributed by atoms with Crippen molar-refractivity contribution >= 4 is 6.29 Å². The number of hydrogen-bond acceptors (Lipinski definition) is 3. The van der Waals surface area contributed by atoms with Gasteiger partial charge in [-0.05, 0) is 13.1 Å². The van der Waals surface area contributed by atoms with Crippen molar-refractivity contribution in [2.24, 2.45) is 0 Å². The normalized spacial score (nSPS) is 10.5. The molecule has 0 saturated carbocycles. The Kier molecular flexibility index (Phi) is 7.41. The summed E-state index contributed by atoms with van der Waals surface area (Å²) < 4.78 is 4.95. The van der Waals surface area contributed by atoms with Crippen molar-refractivity contribution in [2.75, 3.05) is 32.8 Å². The maximum Gasteiger partial charge on any atom is 0.226 e. The van der Waals surface area contributed by atoms with Gasteiger partial charge in [-0.3, -0.25) is 4.79 Å². The lowest BCUT2D eigenvalue weighted by atomic mass is 10.5. The summed E-state index contributed by atoms with van der Waals surface area (Å²) in [7, 11) is 0. The molecule has 0 aromatic rings. The van der Waals surface area contributed by atoms with Crippen LogP contribution in [0, 0.1) is 0 Å². The quantitative estimate of drug-likeness (QED) is 0.504. The van der Waals surface area contributed by atoms with Gasteiger partial charge >= 0.3 is 0 Å². The molecule has 0 saturated heterocycles. The molecule has 0 bridgehead atoms. The zero-order valence-electron chi connectivity index (χ0n) is 7.30. The molecule has 0 aromatic heterocycles. The second-order valence-electron chi connectivity index (χ2n) is 2.22. The number of ether oxygens (including phenoxy) is 1. The molecule has 3 nitrogen and oxygen atoms in total. The fraction of sp³-hybridized carbons (Fsp3) is 0.875. The van der Waals surface area contributed by atoms with Crippen LogP contribution in [0.2, 0.25) is 0 Å². The molecule has 0 unspecified atom stereocenters. The van der Waals surface area contributed by atoms with E-state index in [9.17, 15) is 4.79 Å². The lowest BCUT2D eigenvalue weighted by Crippen LogP contribution is -2.27. The summed E-state index contributed by atoms with van der Waals surface area (Å²) in [5.41, 5.74) is 0. The van der Waals surface area contributed by atoms with E-state index in [1.807, 2.05) is 0 Å². The highest BCUT2D eigenvalue weighted by atomic mass is 16.5.